The van der Waals surface area contributed by atoms with Gasteiger partial charge in [0, 0.05) is 25.2 Å². The topological polar surface area (TPSA) is 80.9 Å². The van der Waals surface area contributed by atoms with Crippen molar-refractivity contribution in [3.8, 4) is 0 Å². The molecular formula is C15H30O4. The van der Waals surface area contributed by atoms with E-state index in [0.717, 1.165) is 51.4 Å². The Balaban J connectivity index is 0.000000200. The van der Waals surface area contributed by atoms with E-state index in [0.29, 0.717) is 19.3 Å². The first-order valence-electron chi connectivity index (χ1n) is 7.77. The fraction of sp³-hybridized carbons (Fsp3) is 1.00. The molecule has 0 heterocycles. The minimum absolute atomic E-state index is 0.126. The summed E-state index contributed by atoms with van der Waals surface area (Å²) in [6.07, 6.45) is 9.89. The van der Waals surface area contributed by atoms with Crippen molar-refractivity contribution < 1.29 is 20.4 Å². The van der Waals surface area contributed by atoms with E-state index in [1.165, 1.54) is 0 Å². The van der Waals surface area contributed by atoms with Gasteiger partial charge in [0.25, 0.3) is 0 Å². The van der Waals surface area contributed by atoms with Crippen LogP contribution in [-0.4, -0.2) is 32.0 Å². The van der Waals surface area contributed by atoms with Gasteiger partial charge in [0.05, 0.1) is 0 Å². The Morgan fingerprint density at radius 3 is 1.84 bits per heavy atom. The summed E-state index contributed by atoms with van der Waals surface area (Å²) in [6.45, 7) is 2.09. The van der Waals surface area contributed by atoms with Crippen LogP contribution in [0.2, 0.25) is 0 Å². The van der Waals surface area contributed by atoms with Crippen LogP contribution in [0.4, 0.5) is 0 Å². The van der Waals surface area contributed by atoms with E-state index in [-0.39, 0.29) is 5.92 Å². The van der Waals surface area contributed by atoms with Gasteiger partial charge in [0.15, 0.2) is 11.6 Å². The summed E-state index contributed by atoms with van der Waals surface area (Å²) in [6, 6.07) is 0. The molecule has 2 fully saturated rings. The molecule has 0 aromatic heterocycles. The highest BCUT2D eigenvalue weighted by molar-refractivity contribution is 4.80. The van der Waals surface area contributed by atoms with Crippen molar-refractivity contribution in [3.05, 3.63) is 0 Å². The van der Waals surface area contributed by atoms with E-state index in [9.17, 15) is 10.2 Å². The summed E-state index contributed by atoms with van der Waals surface area (Å²) in [4.78, 5) is 0. The number of aliphatic hydroxyl groups is 4. The van der Waals surface area contributed by atoms with Crippen molar-refractivity contribution in [2.75, 3.05) is 0 Å². The maximum atomic E-state index is 9.52. The first-order chi connectivity index (χ1) is 8.87. The number of hydrogen-bond acceptors (Lipinski definition) is 4. The van der Waals surface area contributed by atoms with Crippen molar-refractivity contribution in [1.29, 1.82) is 0 Å². The van der Waals surface area contributed by atoms with Crippen molar-refractivity contribution in [1.82, 2.24) is 0 Å². The molecule has 0 saturated heterocycles. The van der Waals surface area contributed by atoms with E-state index < -0.39 is 11.6 Å². The van der Waals surface area contributed by atoms with Crippen LogP contribution in [0.25, 0.3) is 0 Å². The third-order valence-corrected chi connectivity index (χ3v) is 4.29. The molecule has 0 aromatic carbocycles. The molecule has 0 spiro atoms. The zero-order valence-corrected chi connectivity index (χ0v) is 12.1. The van der Waals surface area contributed by atoms with Gasteiger partial charge in [0.2, 0.25) is 0 Å². The minimum Gasteiger partial charge on any atom is -0.366 e. The molecule has 2 rings (SSSR count). The lowest BCUT2D eigenvalue weighted by atomic mass is 9.81. The Hall–Kier alpha value is -0.160. The van der Waals surface area contributed by atoms with Gasteiger partial charge in [-0.15, -0.1) is 0 Å². The zero-order valence-electron chi connectivity index (χ0n) is 12.1. The normalized spacial score (nSPS) is 29.2. The molecule has 2 aliphatic carbocycles. The Morgan fingerprint density at radius 2 is 1.42 bits per heavy atom. The molecule has 1 atom stereocenters. The van der Waals surface area contributed by atoms with Crippen LogP contribution in [-0.2, 0) is 0 Å². The van der Waals surface area contributed by atoms with Crippen molar-refractivity contribution in [3.63, 3.8) is 0 Å². The molecule has 0 bridgehead atoms. The van der Waals surface area contributed by atoms with Crippen LogP contribution in [0.3, 0.4) is 0 Å². The average molecular weight is 274 g/mol. The Kier molecular flexibility index (Phi) is 6.74. The summed E-state index contributed by atoms with van der Waals surface area (Å²) in [5.74, 6) is -2.55. The Labute approximate surface area is 116 Å². The summed E-state index contributed by atoms with van der Waals surface area (Å²) in [5.41, 5.74) is 0. The van der Waals surface area contributed by atoms with Gasteiger partial charge in [-0.1, -0.05) is 26.2 Å². The molecular weight excluding hydrogens is 244 g/mol. The first kappa shape index (κ1) is 16.9. The quantitative estimate of drug-likeness (QED) is 0.582. The Morgan fingerprint density at radius 1 is 0.842 bits per heavy atom. The molecule has 1 unspecified atom stereocenters. The highest BCUT2D eigenvalue weighted by Gasteiger charge is 2.35. The second kappa shape index (κ2) is 7.58. The lowest BCUT2D eigenvalue weighted by Crippen LogP contribution is -2.40. The third kappa shape index (κ3) is 6.21. The summed E-state index contributed by atoms with van der Waals surface area (Å²) < 4.78 is 0. The third-order valence-electron chi connectivity index (χ3n) is 4.29. The fourth-order valence-electron chi connectivity index (χ4n) is 3.05. The fourth-order valence-corrected chi connectivity index (χ4v) is 3.05. The summed E-state index contributed by atoms with van der Waals surface area (Å²) in [5, 5.41) is 36.9. The number of rotatable bonds is 2. The van der Waals surface area contributed by atoms with Crippen molar-refractivity contribution >= 4 is 0 Å². The first-order valence-corrected chi connectivity index (χ1v) is 7.77. The van der Waals surface area contributed by atoms with Gasteiger partial charge in [-0.2, -0.15) is 0 Å². The molecule has 2 aliphatic rings. The summed E-state index contributed by atoms with van der Waals surface area (Å²) in [7, 11) is 0. The highest BCUT2D eigenvalue weighted by Crippen LogP contribution is 2.34. The van der Waals surface area contributed by atoms with Crippen molar-refractivity contribution in [2.24, 2.45) is 5.92 Å². The minimum atomic E-state index is -1.35. The second-order valence-electron chi connectivity index (χ2n) is 6.15. The van der Waals surface area contributed by atoms with Crippen LogP contribution in [0.15, 0.2) is 0 Å². The monoisotopic (exact) mass is 274 g/mol. The molecule has 4 heteroatoms. The predicted molar refractivity (Wildman–Crippen MR) is 74.3 cm³/mol. The lowest BCUT2D eigenvalue weighted by molar-refractivity contribution is -0.218. The molecule has 0 aliphatic heterocycles. The molecule has 114 valence electrons. The van der Waals surface area contributed by atoms with Gasteiger partial charge >= 0.3 is 0 Å². The molecule has 0 aromatic rings. The Bertz CT molecular complexity index is 241. The van der Waals surface area contributed by atoms with Gasteiger partial charge in [-0.05, 0) is 32.1 Å². The van der Waals surface area contributed by atoms with E-state index in [2.05, 4.69) is 6.92 Å². The van der Waals surface area contributed by atoms with E-state index in [1.807, 2.05) is 0 Å². The van der Waals surface area contributed by atoms with E-state index in [4.69, 9.17) is 10.2 Å². The summed E-state index contributed by atoms with van der Waals surface area (Å²) >= 11 is 0. The van der Waals surface area contributed by atoms with Crippen molar-refractivity contribution in [2.45, 2.75) is 89.1 Å². The van der Waals surface area contributed by atoms with Crippen LogP contribution < -0.4 is 0 Å². The van der Waals surface area contributed by atoms with Gasteiger partial charge < -0.3 is 20.4 Å². The molecule has 19 heavy (non-hydrogen) atoms. The number of hydrogen-bond donors (Lipinski definition) is 4. The smallest absolute Gasteiger partial charge is 0.165 e. The average Bonchev–Trinajstić information content (AvgIpc) is 2.32. The van der Waals surface area contributed by atoms with Gasteiger partial charge in [0.1, 0.15) is 0 Å². The van der Waals surface area contributed by atoms with E-state index >= 15 is 0 Å². The SMILES string of the molecule is CCCC1CCCCC1(O)O.OC1(O)CCCCC1. The van der Waals surface area contributed by atoms with Gasteiger partial charge in [-0.25, -0.2) is 0 Å². The largest absolute Gasteiger partial charge is 0.366 e. The van der Waals surface area contributed by atoms with Crippen LogP contribution in [0.1, 0.15) is 77.6 Å². The maximum Gasteiger partial charge on any atom is 0.165 e. The second-order valence-corrected chi connectivity index (χ2v) is 6.15. The maximum absolute atomic E-state index is 9.52. The highest BCUT2D eigenvalue weighted by atomic mass is 16.5. The molecule has 2 saturated carbocycles. The van der Waals surface area contributed by atoms with Crippen LogP contribution in [0.5, 0.6) is 0 Å². The van der Waals surface area contributed by atoms with Gasteiger partial charge in [-0.3, -0.25) is 0 Å². The molecule has 0 radical (unpaired) electrons. The zero-order chi connectivity index (χ0) is 14.4. The molecule has 4 nitrogen and oxygen atoms in total. The lowest BCUT2D eigenvalue weighted by Gasteiger charge is -2.35. The molecule has 0 amide bonds. The molecule has 4 N–H and O–H groups in total. The predicted octanol–water partition coefficient (Wildman–Crippen LogP) is 2.29. The van der Waals surface area contributed by atoms with E-state index in [1.54, 1.807) is 0 Å². The van der Waals surface area contributed by atoms with Crippen LogP contribution >= 0.6 is 0 Å². The standard InChI is InChI=1S/C9H18O2.C6H12O2/c1-2-5-8-6-3-4-7-9(8,10)11;7-6(8)4-2-1-3-5-6/h8,10-11H,2-7H2,1H3;7-8H,1-5H2. The van der Waals surface area contributed by atoms with Crippen LogP contribution in [0, 0.1) is 5.92 Å².